The largest absolute Gasteiger partial charge is 0.408 e. The molecular weight excluding hydrogens is 413 g/mol. The highest BCUT2D eigenvalue weighted by atomic mass is 31.2. The minimum absolute atomic E-state index is 0.0873. The van der Waals surface area contributed by atoms with Gasteiger partial charge in [0.25, 0.3) is 0 Å². The molecule has 3 rings (SSSR count). The van der Waals surface area contributed by atoms with Crippen molar-refractivity contribution in [3.63, 3.8) is 0 Å². The van der Waals surface area contributed by atoms with E-state index in [4.69, 9.17) is 29.1 Å². The second-order valence-electron chi connectivity index (χ2n) is 6.48. The van der Waals surface area contributed by atoms with Crippen LogP contribution in [0.15, 0.2) is 24.5 Å². The fourth-order valence-electron chi connectivity index (χ4n) is 2.92. The maximum absolute atomic E-state index is 12.8. The van der Waals surface area contributed by atoms with Crippen LogP contribution in [0.2, 0.25) is 0 Å². The zero-order valence-electron chi connectivity index (χ0n) is 17.2. The Morgan fingerprint density at radius 2 is 2.10 bits per heavy atom. The van der Waals surface area contributed by atoms with Crippen LogP contribution in [0, 0.1) is 0 Å². The lowest BCUT2D eigenvalue weighted by atomic mass is 10.2. The SMILES string of the molecule is CCOP(=O)(/C=C/[C@H](COn1cnc2c(N)ncnc21)O[C@H]1CCCCO1)OCC. The molecule has 0 spiro atoms. The molecule has 3 heterocycles. The molecule has 0 aromatic carbocycles. The summed E-state index contributed by atoms with van der Waals surface area (Å²) in [4.78, 5) is 18.0. The van der Waals surface area contributed by atoms with Gasteiger partial charge in [-0.25, -0.2) is 15.0 Å². The van der Waals surface area contributed by atoms with Crippen molar-refractivity contribution in [1.82, 2.24) is 19.7 Å². The third kappa shape index (κ3) is 5.99. The van der Waals surface area contributed by atoms with Crippen LogP contribution in [-0.2, 0) is 23.1 Å². The summed E-state index contributed by atoms with van der Waals surface area (Å²) in [6.45, 7) is 4.76. The van der Waals surface area contributed by atoms with E-state index in [1.807, 2.05) is 0 Å². The van der Waals surface area contributed by atoms with Crippen molar-refractivity contribution in [2.75, 3.05) is 32.2 Å². The number of fused-ring (bicyclic) bond motifs is 1. The van der Waals surface area contributed by atoms with E-state index >= 15 is 0 Å². The molecule has 2 atom stereocenters. The van der Waals surface area contributed by atoms with Gasteiger partial charge in [0, 0.05) is 12.4 Å². The molecule has 11 nitrogen and oxygen atoms in total. The van der Waals surface area contributed by atoms with Crippen molar-refractivity contribution in [3.05, 3.63) is 24.5 Å². The van der Waals surface area contributed by atoms with Crippen LogP contribution in [0.4, 0.5) is 5.82 Å². The number of hydrogen-bond donors (Lipinski definition) is 1. The highest BCUT2D eigenvalue weighted by molar-refractivity contribution is 7.57. The van der Waals surface area contributed by atoms with Gasteiger partial charge in [-0.15, -0.1) is 0 Å². The molecule has 30 heavy (non-hydrogen) atoms. The van der Waals surface area contributed by atoms with Crippen LogP contribution in [0.5, 0.6) is 0 Å². The average Bonchev–Trinajstić information content (AvgIpc) is 3.16. The Morgan fingerprint density at radius 3 is 2.80 bits per heavy atom. The van der Waals surface area contributed by atoms with Crippen LogP contribution in [-0.4, -0.2) is 58.5 Å². The number of imidazole rings is 1. The van der Waals surface area contributed by atoms with Crippen molar-refractivity contribution >= 4 is 24.6 Å². The first-order valence-electron chi connectivity index (χ1n) is 9.96. The molecule has 2 aromatic heterocycles. The number of nitrogens with zero attached hydrogens (tertiary/aromatic N) is 4. The molecule has 0 saturated carbocycles. The van der Waals surface area contributed by atoms with Crippen molar-refractivity contribution in [2.24, 2.45) is 0 Å². The third-order valence-electron chi connectivity index (χ3n) is 4.28. The lowest BCUT2D eigenvalue weighted by Gasteiger charge is -2.26. The van der Waals surface area contributed by atoms with Crippen LogP contribution in [0.3, 0.4) is 0 Å². The first kappa shape index (κ1) is 22.6. The van der Waals surface area contributed by atoms with Gasteiger partial charge in [-0.2, -0.15) is 4.73 Å². The molecule has 0 aliphatic carbocycles. The van der Waals surface area contributed by atoms with Gasteiger partial charge in [0.15, 0.2) is 17.6 Å². The topological polar surface area (TPSA) is 133 Å². The van der Waals surface area contributed by atoms with Crippen LogP contribution >= 0.6 is 7.60 Å². The zero-order chi connectivity index (χ0) is 21.4. The molecule has 12 heteroatoms. The summed E-state index contributed by atoms with van der Waals surface area (Å²) in [5.41, 5.74) is 6.69. The minimum atomic E-state index is -3.37. The normalized spacial score (nSPS) is 18.8. The van der Waals surface area contributed by atoms with E-state index in [2.05, 4.69) is 15.0 Å². The van der Waals surface area contributed by atoms with Gasteiger partial charge < -0.3 is 29.1 Å². The number of hydrogen-bond acceptors (Lipinski definition) is 10. The highest BCUT2D eigenvalue weighted by Crippen LogP contribution is 2.49. The first-order valence-corrected chi connectivity index (χ1v) is 11.6. The number of aromatic nitrogens is 4. The fraction of sp³-hybridized carbons (Fsp3) is 0.611. The number of nitrogen functional groups attached to an aromatic ring is 1. The summed E-state index contributed by atoms with van der Waals surface area (Å²) in [7, 11) is -3.37. The lowest BCUT2D eigenvalue weighted by molar-refractivity contribution is -0.187. The van der Waals surface area contributed by atoms with E-state index in [9.17, 15) is 4.57 Å². The summed E-state index contributed by atoms with van der Waals surface area (Å²) in [5, 5.41) is 0. The Labute approximate surface area is 175 Å². The van der Waals surface area contributed by atoms with E-state index in [1.54, 1.807) is 19.9 Å². The maximum Gasteiger partial charge on any atom is 0.353 e. The van der Waals surface area contributed by atoms with Crippen molar-refractivity contribution < 1.29 is 27.9 Å². The number of ether oxygens (including phenoxy) is 2. The standard InChI is InChI=1S/C18H28N5O6P/c1-3-27-30(24,28-4-2)10-8-14(29-15-7-5-6-9-25-15)11-26-23-13-22-16-17(19)20-12-21-18(16)23/h8,10,12-15H,3-7,9,11H2,1-2H3,(H2,19,20,21)/b10-8+/t14-,15+/m1/s1. The zero-order valence-corrected chi connectivity index (χ0v) is 18.1. The average molecular weight is 441 g/mol. The Balaban J connectivity index is 1.73. The van der Waals surface area contributed by atoms with Gasteiger partial charge in [-0.05, 0) is 39.2 Å². The Bertz CT molecular complexity index is 875. The number of rotatable bonds is 11. The predicted octanol–water partition coefficient (Wildman–Crippen LogP) is 2.53. The third-order valence-corrected chi connectivity index (χ3v) is 6.05. The van der Waals surface area contributed by atoms with E-state index < -0.39 is 13.7 Å². The lowest BCUT2D eigenvalue weighted by Crippen LogP contribution is -2.32. The summed E-state index contributed by atoms with van der Waals surface area (Å²) < 4.78 is 36.4. The van der Waals surface area contributed by atoms with Gasteiger partial charge in [0.2, 0.25) is 5.65 Å². The second kappa shape index (κ2) is 10.8. The van der Waals surface area contributed by atoms with Crippen LogP contribution < -0.4 is 10.6 Å². The molecular formula is C18H28N5O6P. The van der Waals surface area contributed by atoms with Gasteiger partial charge in [0.05, 0.1) is 13.2 Å². The molecule has 0 amide bonds. The van der Waals surface area contributed by atoms with Gasteiger partial charge in [0.1, 0.15) is 25.4 Å². The second-order valence-corrected chi connectivity index (χ2v) is 8.38. The quantitative estimate of drug-likeness (QED) is 0.519. The summed E-state index contributed by atoms with van der Waals surface area (Å²) in [5.74, 6) is 1.67. The van der Waals surface area contributed by atoms with Crippen molar-refractivity contribution in [2.45, 2.75) is 45.5 Å². The molecule has 166 valence electrons. The molecule has 1 aliphatic rings. The highest BCUT2D eigenvalue weighted by Gasteiger charge is 2.23. The van der Waals surface area contributed by atoms with Gasteiger partial charge in [-0.3, -0.25) is 4.57 Å². The molecule has 1 fully saturated rings. The van der Waals surface area contributed by atoms with Crippen molar-refractivity contribution in [3.8, 4) is 0 Å². The van der Waals surface area contributed by atoms with E-state index in [0.717, 1.165) is 19.3 Å². The maximum atomic E-state index is 12.8. The molecule has 0 radical (unpaired) electrons. The predicted molar refractivity (Wildman–Crippen MR) is 110 cm³/mol. The van der Waals surface area contributed by atoms with Crippen LogP contribution in [0.25, 0.3) is 11.2 Å². The molecule has 0 unspecified atom stereocenters. The molecule has 1 aliphatic heterocycles. The first-order chi connectivity index (χ1) is 14.5. The van der Waals surface area contributed by atoms with E-state index in [-0.39, 0.29) is 31.9 Å². The van der Waals surface area contributed by atoms with Crippen molar-refractivity contribution in [1.29, 1.82) is 0 Å². The monoisotopic (exact) mass is 441 g/mol. The van der Waals surface area contributed by atoms with Gasteiger partial charge in [-0.1, -0.05) is 0 Å². The molecule has 0 bridgehead atoms. The minimum Gasteiger partial charge on any atom is -0.408 e. The number of anilines is 1. The smallest absolute Gasteiger partial charge is 0.353 e. The molecule has 1 saturated heterocycles. The Kier molecular flexibility index (Phi) is 8.17. The van der Waals surface area contributed by atoms with E-state index in [1.165, 1.54) is 23.2 Å². The number of nitrogens with two attached hydrogens (primary N) is 1. The summed E-state index contributed by atoms with van der Waals surface area (Å²) >= 11 is 0. The Morgan fingerprint density at radius 1 is 1.30 bits per heavy atom. The molecule has 2 N–H and O–H groups in total. The van der Waals surface area contributed by atoms with E-state index in [0.29, 0.717) is 17.8 Å². The Hall–Kier alpha value is -2.04. The summed E-state index contributed by atoms with van der Waals surface area (Å²) in [6.07, 6.45) is 6.27. The fourth-order valence-corrected chi connectivity index (χ4v) is 4.29. The summed E-state index contributed by atoms with van der Waals surface area (Å²) in [6, 6.07) is 0. The van der Waals surface area contributed by atoms with Crippen LogP contribution in [0.1, 0.15) is 33.1 Å². The van der Waals surface area contributed by atoms with Gasteiger partial charge >= 0.3 is 7.60 Å². The molecule has 2 aromatic rings.